The maximum Gasteiger partial charge on any atom is 0.160 e. The second-order valence-corrected chi connectivity index (χ2v) is 6.81. The van der Waals surface area contributed by atoms with Gasteiger partial charge in [-0.3, -0.25) is 0 Å². The van der Waals surface area contributed by atoms with Crippen LogP contribution in [0, 0.1) is 6.92 Å². The molecule has 0 N–H and O–H groups in total. The van der Waals surface area contributed by atoms with Crippen molar-refractivity contribution >= 4 is 21.7 Å². The monoisotopic (exact) mass is 346 g/mol. The summed E-state index contributed by atoms with van der Waals surface area (Å²) in [4.78, 5) is 9.93. The molecule has 0 fully saturated rings. The molecule has 4 aromatic carbocycles. The Labute approximate surface area is 158 Å². The Kier molecular flexibility index (Phi) is 3.68. The lowest BCUT2D eigenvalue weighted by molar-refractivity contribution is 1.23. The lowest BCUT2D eigenvalue weighted by Crippen LogP contribution is -1.96. The summed E-state index contributed by atoms with van der Waals surface area (Å²) in [5.41, 5.74) is 5.31. The summed E-state index contributed by atoms with van der Waals surface area (Å²) >= 11 is 0. The van der Waals surface area contributed by atoms with Crippen molar-refractivity contribution < 1.29 is 0 Å². The van der Waals surface area contributed by atoms with Gasteiger partial charge in [0.25, 0.3) is 0 Å². The van der Waals surface area contributed by atoms with Gasteiger partial charge in [-0.05, 0) is 29.8 Å². The highest BCUT2D eigenvalue weighted by molar-refractivity contribution is 6.12. The molecule has 5 rings (SSSR count). The third-order valence-electron chi connectivity index (χ3n) is 4.91. The molecule has 5 aromatic rings. The van der Waals surface area contributed by atoms with Crippen LogP contribution in [0.5, 0.6) is 0 Å². The van der Waals surface area contributed by atoms with Crippen molar-refractivity contribution in [3.8, 4) is 22.6 Å². The molecular weight excluding hydrogens is 328 g/mol. The predicted octanol–water partition coefficient (Wildman–Crippen LogP) is 6.43. The molecule has 27 heavy (non-hydrogen) atoms. The van der Waals surface area contributed by atoms with Crippen LogP contribution < -0.4 is 0 Å². The molecule has 0 saturated carbocycles. The minimum absolute atomic E-state index is 0.764. The Morgan fingerprint density at radius 2 is 1.41 bits per heavy atom. The van der Waals surface area contributed by atoms with Gasteiger partial charge in [-0.25, -0.2) is 9.97 Å². The van der Waals surface area contributed by atoms with Gasteiger partial charge in [-0.1, -0.05) is 84.4 Å². The van der Waals surface area contributed by atoms with Gasteiger partial charge in [-0.15, -0.1) is 0 Å². The maximum absolute atomic E-state index is 5.02. The molecule has 0 aliphatic heterocycles. The number of nitrogens with zero attached hydrogens (tertiary/aromatic N) is 2. The fraction of sp³-hybridized carbons (Fsp3) is 0.0400. The standard InChI is InChI=1S/C25H18N2/c1-17-8-7-12-20(16-17)25-26-22-15-14-18-9-5-6-13-21(18)23(22)24(27-25)19-10-3-2-4-11-19/h2-16H,1H3. The zero-order chi connectivity index (χ0) is 18.2. The van der Waals surface area contributed by atoms with Crippen LogP contribution in [-0.4, -0.2) is 9.97 Å². The van der Waals surface area contributed by atoms with E-state index in [9.17, 15) is 0 Å². The molecule has 128 valence electrons. The largest absolute Gasteiger partial charge is 0.228 e. The quantitative estimate of drug-likeness (QED) is 0.344. The fourth-order valence-electron chi connectivity index (χ4n) is 3.62. The molecule has 0 unspecified atom stereocenters. The van der Waals surface area contributed by atoms with E-state index in [0.717, 1.165) is 33.5 Å². The first-order valence-electron chi connectivity index (χ1n) is 9.11. The van der Waals surface area contributed by atoms with E-state index in [1.165, 1.54) is 16.3 Å². The van der Waals surface area contributed by atoms with Crippen molar-refractivity contribution in [3.63, 3.8) is 0 Å². The van der Waals surface area contributed by atoms with Gasteiger partial charge >= 0.3 is 0 Å². The first-order chi connectivity index (χ1) is 13.3. The van der Waals surface area contributed by atoms with Crippen molar-refractivity contribution in [1.29, 1.82) is 0 Å². The summed E-state index contributed by atoms with van der Waals surface area (Å²) < 4.78 is 0. The summed E-state index contributed by atoms with van der Waals surface area (Å²) in [5.74, 6) is 0.764. The average molecular weight is 346 g/mol. The SMILES string of the molecule is Cc1cccc(-c2nc(-c3ccccc3)c3c(ccc4ccccc43)n2)c1. The van der Waals surface area contributed by atoms with Gasteiger partial charge in [0, 0.05) is 16.5 Å². The molecule has 0 bridgehead atoms. The molecule has 0 aliphatic carbocycles. The first-order valence-corrected chi connectivity index (χ1v) is 9.11. The molecule has 0 radical (unpaired) electrons. The third kappa shape index (κ3) is 2.76. The smallest absolute Gasteiger partial charge is 0.160 e. The molecule has 0 saturated heterocycles. The Bertz CT molecular complexity index is 1270. The summed E-state index contributed by atoms with van der Waals surface area (Å²) in [6.07, 6.45) is 0. The lowest BCUT2D eigenvalue weighted by atomic mass is 9.99. The fourth-order valence-corrected chi connectivity index (χ4v) is 3.62. The summed E-state index contributed by atoms with van der Waals surface area (Å²) in [5, 5.41) is 3.49. The Hall–Kier alpha value is -3.52. The summed E-state index contributed by atoms with van der Waals surface area (Å²) in [6.45, 7) is 2.09. The van der Waals surface area contributed by atoms with E-state index in [4.69, 9.17) is 9.97 Å². The average Bonchev–Trinajstić information content (AvgIpc) is 2.73. The zero-order valence-corrected chi connectivity index (χ0v) is 15.1. The van der Waals surface area contributed by atoms with Crippen LogP contribution >= 0.6 is 0 Å². The van der Waals surface area contributed by atoms with Gasteiger partial charge in [0.05, 0.1) is 11.2 Å². The minimum Gasteiger partial charge on any atom is -0.228 e. The minimum atomic E-state index is 0.764. The van der Waals surface area contributed by atoms with Crippen molar-refractivity contribution in [2.45, 2.75) is 6.92 Å². The van der Waals surface area contributed by atoms with E-state index < -0.39 is 0 Å². The number of hydrogen-bond acceptors (Lipinski definition) is 2. The molecule has 0 atom stereocenters. The second-order valence-electron chi connectivity index (χ2n) is 6.81. The molecule has 1 aromatic heterocycles. The molecule has 0 spiro atoms. The lowest BCUT2D eigenvalue weighted by Gasteiger charge is -2.12. The van der Waals surface area contributed by atoms with E-state index in [1.54, 1.807) is 0 Å². The molecule has 0 amide bonds. The van der Waals surface area contributed by atoms with Crippen molar-refractivity contribution in [1.82, 2.24) is 9.97 Å². The van der Waals surface area contributed by atoms with Crippen LogP contribution in [0.4, 0.5) is 0 Å². The van der Waals surface area contributed by atoms with Crippen LogP contribution in [0.3, 0.4) is 0 Å². The topological polar surface area (TPSA) is 25.8 Å². The third-order valence-corrected chi connectivity index (χ3v) is 4.91. The normalized spacial score (nSPS) is 11.1. The molecule has 0 aliphatic rings. The van der Waals surface area contributed by atoms with Crippen LogP contribution in [-0.2, 0) is 0 Å². The molecule has 2 nitrogen and oxygen atoms in total. The maximum atomic E-state index is 5.02. The van der Waals surface area contributed by atoms with Gasteiger partial charge in [0.1, 0.15) is 0 Å². The van der Waals surface area contributed by atoms with E-state index in [1.807, 2.05) is 6.07 Å². The van der Waals surface area contributed by atoms with Crippen molar-refractivity contribution in [2.75, 3.05) is 0 Å². The van der Waals surface area contributed by atoms with Crippen LogP contribution in [0.2, 0.25) is 0 Å². The number of aromatic nitrogens is 2. The highest BCUT2D eigenvalue weighted by Crippen LogP contribution is 2.34. The van der Waals surface area contributed by atoms with E-state index in [-0.39, 0.29) is 0 Å². The van der Waals surface area contributed by atoms with Crippen LogP contribution in [0.15, 0.2) is 91.0 Å². The molecule has 1 heterocycles. The van der Waals surface area contributed by atoms with Crippen molar-refractivity contribution in [3.05, 3.63) is 96.6 Å². The number of rotatable bonds is 2. The van der Waals surface area contributed by atoms with E-state index in [2.05, 4.69) is 91.9 Å². The number of aryl methyl sites for hydroxylation is 1. The highest BCUT2D eigenvalue weighted by Gasteiger charge is 2.14. The number of benzene rings is 4. The molecular formula is C25H18N2. The summed E-state index contributed by atoms with van der Waals surface area (Å²) in [6, 6.07) is 31.4. The highest BCUT2D eigenvalue weighted by atomic mass is 14.9. The number of hydrogen-bond donors (Lipinski definition) is 0. The van der Waals surface area contributed by atoms with Crippen LogP contribution in [0.25, 0.3) is 44.3 Å². The van der Waals surface area contributed by atoms with Gasteiger partial charge in [0.15, 0.2) is 5.82 Å². The number of fused-ring (bicyclic) bond motifs is 3. The van der Waals surface area contributed by atoms with Crippen LogP contribution in [0.1, 0.15) is 5.56 Å². The Morgan fingerprint density at radius 3 is 2.26 bits per heavy atom. The zero-order valence-electron chi connectivity index (χ0n) is 15.1. The van der Waals surface area contributed by atoms with E-state index in [0.29, 0.717) is 0 Å². The van der Waals surface area contributed by atoms with Gasteiger partial charge < -0.3 is 0 Å². The Balaban J connectivity index is 1.90. The first kappa shape index (κ1) is 15.7. The van der Waals surface area contributed by atoms with E-state index >= 15 is 0 Å². The predicted molar refractivity (Wildman–Crippen MR) is 113 cm³/mol. The van der Waals surface area contributed by atoms with Gasteiger partial charge in [0.2, 0.25) is 0 Å². The second kappa shape index (κ2) is 6.33. The summed E-state index contributed by atoms with van der Waals surface area (Å²) in [7, 11) is 0. The van der Waals surface area contributed by atoms with Gasteiger partial charge in [-0.2, -0.15) is 0 Å². The van der Waals surface area contributed by atoms with Crippen molar-refractivity contribution in [2.24, 2.45) is 0 Å². The Morgan fingerprint density at radius 1 is 0.630 bits per heavy atom. The molecule has 2 heteroatoms.